The van der Waals surface area contributed by atoms with Crippen LogP contribution >= 0.6 is 10.7 Å². The van der Waals surface area contributed by atoms with Crippen LogP contribution in [0.3, 0.4) is 0 Å². The molecule has 2 aromatic carbocycles. The van der Waals surface area contributed by atoms with Gasteiger partial charge in [-0.3, -0.25) is 0 Å². The summed E-state index contributed by atoms with van der Waals surface area (Å²) < 4.78 is 22.9. The number of anilines is 1. The van der Waals surface area contributed by atoms with Crippen molar-refractivity contribution in [2.24, 2.45) is 10.2 Å². The Labute approximate surface area is 128 Å². The van der Waals surface area contributed by atoms with E-state index in [1.165, 1.54) is 6.07 Å². The number of rotatable bonds is 4. The maximum Gasteiger partial charge on any atom is 0.263 e. The smallest absolute Gasteiger partial charge is 0.263 e. The van der Waals surface area contributed by atoms with Crippen molar-refractivity contribution in [2.75, 3.05) is 19.0 Å². The largest absolute Gasteiger partial charge is 0.378 e. The van der Waals surface area contributed by atoms with E-state index in [4.69, 9.17) is 10.7 Å². The third kappa shape index (κ3) is 4.03. The fraction of sp³-hybridized carbons (Fsp3) is 0.143. The molecule has 0 fully saturated rings. The fourth-order valence-corrected chi connectivity index (χ4v) is 2.67. The topological polar surface area (TPSA) is 62.1 Å². The first-order valence-corrected chi connectivity index (χ1v) is 8.42. The van der Waals surface area contributed by atoms with E-state index in [9.17, 15) is 8.42 Å². The fourth-order valence-electron chi connectivity index (χ4n) is 1.68. The number of nitrogens with zero attached hydrogens (tertiary/aromatic N) is 3. The Balaban J connectivity index is 2.30. The van der Waals surface area contributed by atoms with Gasteiger partial charge in [0.2, 0.25) is 0 Å². The molecule has 0 spiro atoms. The standard InChI is InChI=1S/C14H14ClN3O2S/c1-18(2)12-9-7-11(8-10-12)16-17-13-5-3-4-6-14(13)21(15,19)20/h3-10H,1-2H3. The highest BCUT2D eigenvalue weighted by atomic mass is 35.7. The molecule has 0 saturated heterocycles. The Morgan fingerprint density at radius 3 is 2.14 bits per heavy atom. The minimum atomic E-state index is -3.84. The minimum Gasteiger partial charge on any atom is -0.378 e. The molecule has 0 radical (unpaired) electrons. The second kappa shape index (κ2) is 6.24. The summed E-state index contributed by atoms with van der Waals surface area (Å²) in [5.74, 6) is 0. The Morgan fingerprint density at radius 2 is 1.57 bits per heavy atom. The summed E-state index contributed by atoms with van der Waals surface area (Å²) in [5, 5.41) is 8.00. The molecule has 0 heterocycles. The number of halogens is 1. The van der Waals surface area contributed by atoms with Crippen LogP contribution in [0.5, 0.6) is 0 Å². The SMILES string of the molecule is CN(C)c1ccc(N=Nc2ccccc2S(=O)(=O)Cl)cc1. The Morgan fingerprint density at radius 1 is 0.952 bits per heavy atom. The van der Waals surface area contributed by atoms with Crippen molar-refractivity contribution in [3.05, 3.63) is 48.5 Å². The molecule has 0 N–H and O–H groups in total. The van der Waals surface area contributed by atoms with Crippen LogP contribution in [0, 0.1) is 0 Å². The molecule has 2 rings (SSSR count). The lowest BCUT2D eigenvalue weighted by Gasteiger charge is -2.11. The number of benzene rings is 2. The van der Waals surface area contributed by atoms with Gasteiger partial charge in [-0.25, -0.2) is 8.42 Å². The maximum atomic E-state index is 11.4. The molecular weight excluding hydrogens is 310 g/mol. The Bertz CT molecular complexity index is 756. The van der Waals surface area contributed by atoms with Crippen molar-refractivity contribution in [3.8, 4) is 0 Å². The van der Waals surface area contributed by atoms with Gasteiger partial charge in [0.15, 0.2) is 0 Å². The summed E-state index contributed by atoms with van der Waals surface area (Å²) in [7, 11) is 5.41. The quantitative estimate of drug-likeness (QED) is 0.628. The lowest BCUT2D eigenvalue weighted by atomic mass is 10.3. The van der Waals surface area contributed by atoms with E-state index in [-0.39, 0.29) is 10.6 Å². The van der Waals surface area contributed by atoms with Gasteiger partial charge < -0.3 is 4.90 Å². The Kier molecular flexibility index (Phi) is 4.59. The van der Waals surface area contributed by atoms with Crippen LogP contribution in [0.15, 0.2) is 63.7 Å². The minimum absolute atomic E-state index is 0.0553. The van der Waals surface area contributed by atoms with Crippen molar-refractivity contribution in [1.82, 2.24) is 0 Å². The van der Waals surface area contributed by atoms with E-state index in [1.54, 1.807) is 30.3 Å². The van der Waals surface area contributed by atoms with Gasteiger partial charge in [0.25, 0.3) is 9.05 Å². The lowest BCUT2D eigenvalue weighted by molar-refractivity contribution is 0.609. The molecule has 7 heteroatoms. The second-order valence-corrected chi connectivity index (χ2v) is 7.05. The van der Waals surface area contributed by atoms with E-state index in [2.05, 4.69) is 10.2 Å². The second-order valence-electron chi connectivity index (χ2n) is 4.52. The van der Waals surface area contributed by atoms with Gasteiger partial charge in [-0.1, -0.05) is 12.1 Å². The van der Waals surface area contributed by atoms with Gasteiger partial charge in [0.05, 0.1) is 5.69 Å². The molecule has 2 aromatic rings. The first-order chi connectivity index (χ1) is 9.88. The van der Waals surface area contributed by atoms with Crippen LogP contribution in [-0.4, -0.2) is 22.5 Å². The van der Waals surface area contributed by atoms with Crippen molar-refractivity contribution in [3.63, 3.8) is 0 Å². The zero-order valence-electron chi connectivity index (χ0n) is 11.6. The first kappa shape index (κ1) is 15.5. The summed E-state index contributed by atoms with van der Waals surface area (Å²) in [6.45, 7) is 0. The average Bonchev–Trinajstić information content (AvgIpc) is 2.45. The van der Waals surface area contributed by atoms with E-state index < -0.39 is 9.05 Å². The summed E-state index contributed by atoms with van der Waals surface area (Å²) in [6, 6.07) is 13.6. The van der Waals surface area contributed by atoms with Crippen LogP contribution in [0.4, 0.5) is 17.1 Å². The number of hydrogen-bond acceptors (Lipinski definition) is 5. The summed E-state index contributed by atoms with van der Waals surface area (Å²) in [5.41, 5.74) is 1.88. The molecule has 0 amide bonds. The first-order valence-electron chi connectivity index (χ1n) is 6.11. The molecule has 0 saturated carbocycles. The van der Waals surface area contributed by atoms with Gasteiger partial charge in [0, 0.05) is 30.5 Å². The van der Waals surface area contributed by atoms with Gasteiger partial charge in [-0.05, 0) is 36.4 Å². The maximum absolute atomic E-state index is 11.4. The Hall–Kier alpha value is -1.92. The van der Waals surface area contributed by atoms with Gasteiger partial charge in [0.1, 0.15) is 10.6 Å². The highest BCUT2D eigenvalue weighted by Gasteiger charge is 2.14. The lowest BCUT2D eigenvalue weighted by Crippen LogP contribution is -2.07. The molecule has 0 bridgehead atoms. The van der Waals surface area contributed by atoms with Crippen LogP contribution in [-0.2, 0) is 9.05 Å². The highest BCUT2D eigenvalue weighted by Crippen LogP contribution is 2.28. The zero-order valence-corrected chi connectivity index (χ0v) is 13.1. The van der Waals surface area contributed by atoms with Crippen LogP contribution in [0.1, 0.15) is 0 Å². The van der Waals surface area contributed by atoms with E-state index >= 15 is 0 Å². The monoisotopic (exact) mass is 323 g/mol. The number of hydrogen-bond donors (Lipinski definition) is 0. The van der Waals surface area contributed by atoms with Gasteiger partial charge in [-0.15, -0.1) is 5.11 Å². The number of azo groups is 1. The van der Waals surface area contributed by atoms with Crippen LogP contribution in [0.25, 0.3) is 0 Å². The van der Waals surface area contributed by atoms with Crippen molar-refractivity contribution >= 4 is 36.8 Å². The normalized spacial score (nSPS) is 11.8. The molecule has 0 atom stereocenters. The van der Waals surface area contributed by atoms with Gasteiger partial charge >= 0.3 is 0 Å². The van der Waals surface area contributed by atoms with E-state index in [0.29, 0.717) is 5.69 Å². The third-order valence-electron chi connectivity index (χ3n) is 2.77. The molecule has 21 heavy (non-hydrogen) atoms. The van der Waals surface area contributed by atoms with Crippen molar-refractivity contribution < 1.29 is 8.42 Å². The van der Waals surface area contributed by atoms with Gasteiger partial charge in [-0.2, -0.15) is 5.11 Å². The van der Waals surface area contributed by atoms with E-state index in [1.807, 2.05) is 31.1 Å². The average molecular weight is 324 g/mol. The molecule has 0 aliphatic heterocycles. The van der Waals surface area contributed by atoms with Crippen molar-refractivity contribution in [1.29, 1.82) is 0 Å². The molecule has 5 nitrogen and oxygen atoms in total. The predicted octanol–water partition coefficient (Wildman–Crippen LogP) is 4.10. The van der Waals surface area contributed by atoms with E-state index in [0.717, 1.165) is 5.69 Å². The molecular formula is C14H14ClN3O2S. The zero-order chi connectivity index (χ0) is 15.5. The third-order valence-corrected chi connectivity index (χ3v) is 4.14. The molecule has 0 aliphatic carbocycles. The predicted molar refractivity (Wildman–Crippen MR) is 84.4 cm³/mol. The highest BCUT2D eigenvalue weighted by molar-refractivity contribution is 8.13. The summed E-state index contributed by atoms with van der Waals surface area (Å²) >= 11 is 0. The molecule has 110 valence electrons. The van der Waals surface area contributed by atoms with Crippen molar-refractivity contribution in [2.45, 2.75) is 4.90 Å². The molecule has 0 unspecified atom stereocenters. The molecule has 0 aliphatic rings. The van der Waals surface area contributed by atoms with Crippen LogP contribution < -0.4 is 4.90 Å². The van der Waals surface area contributed by atoms with Crippen LogP contribution in [0.2, 0.25) is 0 Å². The summed E-state index contributed by atoms with van der Waals surface area (Å²) in [6.07, 6.45) is 0. The summed E-state index contributed by atoms with van der Waals surface area (Å²) in [4.78, 5) is 1.91. The molecule has 0 aromatic heterocycles.